The largest absolute Gasteiger partial charge is 0.476 e. The molecule has 3 aromatic heterocycles. The predicted molar refractivity (Wildman–Crippen MR) is 149 cm³/mol. The van der Waals surface area contributed by atoms with Gasteiger partial charge in [-0.3, -0.25) is 4.98 Å². The minimum atomic E-state index is -0.986. The highest BCUT2D eigenvalue weighted by Gasteiger charge is 2.34. The molecule has 3 aromatic rings. The number of pyridine rings is 2. The van der Waals surface area contributed by atoms with Crippen molar-refractivity contribution < 1.29 is 19.4 Å². The van der Waals surface area contributed by atoms with Crippen molar-refractivity contribution in [3.8, 4) is 5.69 Å². The monoisotopic (exact) mass is 533 g/mol. The molecule has 0 spiro atoms. The summed E-state index contributed by atoms with van der Waals surface area (Å²) in [4.78, 5) is 24.5. The molecule has 0 unspecified atom stereocenters. The van der Waals surface area contributed by atoms with E-state index in [2.05, 4.69) is 11.0 Å². The Labute approximate surface area is 229 Å². The number of ether oxygens (including phenoxy) is 2. The first-order valence-corrected chi connectivity index (χ1v) is 14.6. The van der Waals surface area contributed by atoms with Crippen LogP contribution in [0.15, 0.2) is 18.3 Å². The summed E-state index contributed by atoms with van der Waals surface area (Å²) in [5.74, 6) is 0.268. The van der Waals surface area contributed by atoms with Crippen molar-refractivity contribution in [1.29, 1.82) is 0 Å². The van der Waals surface area contributed by atoms with Crippen molar-refractivity contribution in [2.75, 3.05) is 44.9 Å². The van der Waals surface area contributed by atoms with Gasteiger partial charge < -0.3 is 19.5 Å². The number of nitrogens with zero attached hydrogens (tertiary/aromatic N) is 5. The molecule has 1 saturated carbocycles. The zero-order chi connectivity index (χ0) is 26.9. The van der Waals surface area contributed by atoms with Crippen molar-refractivity contribution in [3.63, 3.8) is 0 Å². The molecule has 0 radical (unpaired) electrons. The minimum Gasteiger partial charge on any atom is -0.476 e. The average molecular weight is 534 g/mol. The molecule has 1 N–H and O–H groups in total. The first-order valence-electron chi connectivity index (χ1n) is 14.6. The van der Waals surface area contributed by atoms with E-state index >= 15 is 0 Å². The second-order valence-corrected chi connectivity index (χ2v) is 11.3. The molecule has 3 fully saturated rings. The third-order valence-electron chi connectivity index (χ3n) is 8.94. The van der Waals surface area contributed by atoms with E-state index in [9.17, 15) is 9.90 Å². The number of methoxy groups -OCH3 is 1. The summed E-state index contributed by atoms with van der Waals surface area (Å²) in [6, 6.07) is 4.07. The van der Waals surface area contributed by atoms with Gasteiger partial charge in [-0.15, -0.1) is 0 Å². The smallest absolute Gasteiger partial charge is 0.354 e. The van der Waals surface area contributed by atoms with Crippen molar-refractivity contribution in [3.05, 3.63) is 41.0 Å². The van der Waals surface area contributed by atoms with Gasteiger partial charge in [0.25, 0.3) is 0 Å². The molecule has 5 heterocycles. The first-order chi connectivity index (χ1) is 19.1. The number of hydrogen-bond donors (Lipinski definition) is 1. The second-order valence-electron chi connectivity index (χ2n) is 11.3. The number of rotatable bonds is 8. The van der Waals surface area contributed by atoms with E-state index in [0.717, 1.165) is 105 Å². The Kier molecular flexibility index (Phi) is 7.53. The number of carboxylic acids is 1. The third kappa shape index (κ3) is 4.91. The van der Waals surface area contributed by atoms with Crippen LogP contribution >= 0.6 is 0 Å². The molecule has 6 rings (SSSR count). The lowest BCUT2D eigenvalue weighted by molar-refractivity contribution is 0.0689. The molecule has 2 saturated heterocycles. The van der Waals surface area contributed by atoms with Crippen LogP contribution in [0, 0.1) is 5.92 Å². The van der Waals surface area contributed by atoms with Gasteiger partial charge in [0.1, 0.15) is 0 Å². The lowest BCUT2D eigenvalue weighted by Gasteiger charge is -2.35. The molecule has 0 bridgehead atoms. The summed E-state index contributed by atoms with van der Waals surface area (Å²) in [6.45, 7) is 6.05. The van der Waals surface area contributed by atoms with Gasteiger partial charge in [0.15, 0.2) is 11.3 Å². The number of aromatic nitrogens is 4. The molecule has 9 heteroatoms. The summed E-state index contributed by atoms with van der Waals surface area (Å²) in [7, 11) is 1.76. The van der Waals surface area contributed by atoms with Gasteiger partial charge in [0.2, 0.25) is 0 Å². The van der Waals surface area contributed by atoms with Crippen LogP contribution in [0.5, 0.6) is 0 Å². The van der Waals surface area contributed by atoms with E-state index in [4.69, 9.17) is 24.5 Å². The number of fused-ring (bicyclic) bond motifs is 1. The fourth-order valence-corrected chi connectivity index (χ4v) is 6.54. The van der Waals surface area contributed by atoms with Crippen molar-refractivity contribution in [2.24, 2.45) is 5.92 Å². The Morgan fingerprint density at radius 3 is 2.54 bits per heavy atom. The van der Waals surface area contributed by atoms with E-state index in [1.54, 1.807) is 7.11 Å². The lowest BCUT2D eigenvalue weighted by Crippen LogP contribution is -2.36. The maximum atomic E-state index is 12.6. The van der Waals surface area contributed by atoms with Gasteiger partial charge in [-0.1, -0.05) is 13.3 Å². The zero-order valence-corrected chi connectivity index (χ0v) is 23.1. The molecule has 0 atom stereocenters. The van der Waals surface area contributed by atoms with Gasteiger partial charge in [-0.2, -0.15) is 5.10 Å². The quantitative estimate of drug-likeness (QED) is 0.427. The van der Waals surface area contributed by atoms with Gasteiger partial charge in [-0.05, 0) is 63.0 Å². The fraction of sp³-hybridized carbons (Fsp3) is 0.600. The Morgan fingerprint density at radius 2 is 1.90 bits per heavy atom. The van der Waals surface area contributed by atoms with Crippen LogP contribution in [0.3, 0.4) is 0 Å². The summed E-state index contributed by atoms with van der Waals surface area (Å²) in [5.41, 5.74) is 5.62. The number of anilines is 1. The molecule has 0 aromatic carbocycles. The topological polar surface area (TPSA) is 103 Å². The molecule has 2 aliphatic heterocycles. The average Bonchev–Trinajstić information content (AvgIpc) is 3.31. The Bertz CT molecular complexity index is 1340. The number of carbonyl (C=O) groups is 1. The maximum Gasteiger partial charge on any atom is 0.354 e. The highest BCUT2D eigenvalue weighted by Crippen LogP contribution is 2.45. The highest BCUT2D eigenvalue weighted by molar-refractivity contribution is 6.01. The SMILES string of the molecule is CCc1c(C(=O)O)nc2c(c(C3CCC3)nn2-c2ccnc(C3CCOCC3)c2)c1N1CCC(COC)CC1. The normalized spacial score (nSPS) is 19.5. The van der Waals surface area contributed by atoms with E-state index in [0.29, 0.717) is 29.8 Å². The standard InChI is InChI=1S/C30H39N5O4/c1-3-23-27(30(36)37)32-29-25(28(23)34-13-8-19(9-14-34)18-38-2)26(21-5-4-6-21)33-35(29)22-7-12-31-24(17-22)20-10-15-39-16-11-20/h7,12,17,19-21H,3-6,8-11,13-16,18H2,1-2H3,(H,36,37). The number of piperidine rings is 1. The van der Waals surface area contributed by atoms with E-state index in [1.807, 2.05) is 23.9 Å². The van der Waals surface area contributed by atoms with Crippen LogP contribution in [0.25, 0.3) is 16.7 Å². The van der Waals surface area contributed by atoms with Crippen LogP contribution in [0.2, 0.25) is 0 Å². The lowest BCUT2D eigenvalue weighted by atomic mass is 9.81. The molecular weight excluding hydrogens is 494 g/mol. The summed E-state index contributed by atoms with van der Waals surface area (Å²) < 4.78 is 12.9. The van der Waals surface area contributed by atoms with Crippen molar-refractivity contribution >= 4 is 22.7 Å². The number of hydrogen-bond acceptors (Lipinski definition) is 7. The Morgan fingerprint density at radius 1 is 1.13 bits per heavy atom. The third-order valence-corrected chi connectivity index (χ3v) is 8.94. The van der Waals surface area contributed by atoms with E-state index in [-0.39, 0.29) is 5.69 Å². The van der Waals surface area contributed by atoms with Gasteiger partial charge in [0, 0.05) is 69.3 Å². The second kappa shape index (κ2) is 11.2. The molecular formula is C30H39N5O4. The molecule has 208 valence electrons. The van der Waals surface area contributed by atoms with Gasteiger partial charge >= 0.3 is 5.97 Å². The van der Waals surface area contributed by atoms with Gasteiger partial charge in [0.05, 0.1) is 22.5 Å². The van der Waals surface area contributed by atoms with Crippen LogP contribution in [-0.4, -0.2) is 70.8 Å². The number of aromatic carboxylic acids is 1. The van der Waals surface area contributed by atoms with E-state index in [1.165, 1.54) is 6.42 Å². The van der Waals surface area contributed by atoms with E-state index < -0.39 is 5.97 Å². The maximum absolute atomic E-state index is 12.6. The Hall–Kier alpha value is -3.04. The summed E-state index contributed by atoms with van der Waals surface area (Å²) in [6.07, 6.45) is 9.81. The predicted octanol–water partition coefficient (Wildman–Crippen LogP) is 5.10. The molecule has 1 aliphatic carbocycles. The fourth-order valence-electron chi connectivity index (χ4n) is 6.54. The summed E-state index contributed by atoms with van der Waals surface area (Å²) in [5, 5.41) is 16.5. The highest BCUT2D eigenvalue weighted by atomic mass is 16.5. The summed E-state index contributed by atoms with van der Waals surface area (Å²) >= 11 is 0. The van der Waals surface area contributed by atoms with Crippen LogP contribution < -0.4 is 4.90 Å². The van der Waals surface area contributed by atoms with Crippen LogP contribution in [0.4, 0.5) is 5.69 Å². The molecule has 9 nitrogen and oxygen atoms in total. The van der Waals surface area contributed by atoms with Crippen molar-refractivity contribution in [1.82, 2.24) is 19.7 Å². The molecule has 0 amide bonds. The Balaban J connectivity index is 1.53. The molecule has 39 heavy (non-hydrogen) atoms. The van der Waals surface area contributed by atoms with Crippen LogP contribution in [-0.2, 0) is 15.9 Å². The number of carboxylic acid groups (broad SMARTS) is 1. The first kappa shape index (κ1) is 26.2. The van der Waals surface area contributed by atoms with Gasteiger partial charge in [-0.25, -0.2) is 14.5 Å². The zero-order valence-electron chi connectivity index (χ0n) is 23.1. The minimum absolute atomic E-state index is 0.138. The van der Waals surface area contributed by atoms with Crippen molar-refractivity contribution in [2.45, 2.75) is 70.1 Å². The molecule has 3 aliphatic rings. The van der Waals surface area contributed by atoms with Crippen LogP contribution in [0.1, 0.15) is 91.1 Å².